The van der Waals surface area contributed by atoms with E-state index in [0.29, 0.717) is 11.3 Å². The van der Waals surface area contributed by atoms with Gasteiger partial charge < -0.3 is 4.42 Å². The zero-order chi connectivity index (χ0) is 19.4. The molecule has 1 aliphatic heterocycles. The second-order valence-corrected chi connectivity index (χ2v) is 5.49. The fourth-order valence-corrected chi connectivity index (χ4v) is 2.46. The number of barbiturate groups is 1. The molecule has 0 unspecified atom stereocenters. The number of nitrogens with zero attached hydrogens (tertiary/aromatic N) is 2. The molecule has 2 aromatic rings. The molecule has 1 aliphatic rings. The zero-order valence-electron chi connectivity index (χ0n) is 13.8. The molecule has 0 radical (unpaired) electrons. The second kappa shape index (κ2) is 7.48. The van der Waals surface area contributed by atoms with E-state index in [0.717, 1.165) is 4.90 Å². The molecule has 9 nitrogen and oxygen atoms in total. The van der Waals surface area contributed by atoms with Crippen LogP contribution in [0.1, 0.15) is 11.3 Å². The van der Waals surface area contributed by atoms with E-state index < -0.39 is 22.8 Å². The van der Waals surface area contributed by atoms with E-state index in [9.17, 15) is 24.5 Å². The number of amides is 4. The van der Waals surface area contributed by atoms with E-state index in [2.05, 4.69) is 5.32 Å². The Morgan fingerprint density at radius 1 is 1.15 bits per heavy atom. The van der Waals surface area contributed by atoms with Gasteiger partial charge in [-0.1, -0.05) is 18.2 Å². The average molecular weight is 367 g/mol. The predicted molar refractivity (Wildman–Crippen MR) is 93.0 cm³/mol. The Balaban J connectivity index is 1.84. The number of nitrogens with one attached hydrogen (secondary N) is 1. The summed E-state index contributed by atoms with van der Waals surface area (Å²) in [4.78, 5) is 47.7. The molecule has 4 amide bonds. The highest BCUT2D eigenvalue weighted by Crippen LogP contribution is 2.20. The van der Waals surface area contributed by atoms with E-state index in [-0.39, 0.29) is 17.8 Å². The van der Waals surface area contributed by atoms with Gasteiger partial charge >= 0.3 is 6.03 Å². The van der Waals surface area contributed by atoms with E-state index in [1.165, 1.54) is 42.7 Å². The number of para-hydroxylation sites is 1. The first-order chi connectivity index (χ1) is 13.0. The molecule has 0 atom stereocenters. The van der Waals surface area contributed by atoms with Crippen molar-refractivity contribution in [3.8, 4) is 0 Å². The summed E-state index contributed by atoms with van der Waals surface area (Å²) < 4.78 is 5.11. The smallest absolute Gasteiger partial charge is 0.331 e. The number of allylic oxidation sites excluding steroid dienone is 2. The van der Waals surface area contributed by atoms with Gasteiger partial charge in [-0.05, 0) is 30.4 Å². The van der Waals surface area contributed by atoms with E-state index in [1.807, 2.05) is 0 Å². The van der Waals surface area contributed by atoms with Crippen LogP contribution in [0, 0.1) is 10.1 Å². The maximum Gasteiger partial charge on any atom is 0.331 e. The summed E-state index contributed by atoms with van der Waals surface area (Å²) >= 11 is 0. The van der Waals surface area contributed by atoms with E-state index >= 15 is 0 Å². The number of imide groups is 2. The molecule has 1 fully saturated rings. The van der Waals surface area contributed by atoms with E-state index in [1.54, 1.807) is 18.2 Å². The third-order valence-electron chi connectivity index (χ3n) is 3.75. The molecule has 1 N–H and O–H groups in total. The minimum Gasteiger partial charge on any atom is -0.467 e. The Morgan fingerprint density at radius 2 is 1.93 bits per heavy atom. The maximum atomic E-state index is 12.5. The summed E-state index contributed by atoms with van der Waals surface area (Å²) in [6.45, 7) is -0.129. The fourth-order valence-electron chi connectivity index (χ4n) is 2.46. The Hall–Kier alpha value is -4.01. The number of hydrogen-bond acceptors (Lipinski definition) is 6. The molecule has 2 heterocycles. The number of benzene rings is 1. The third kappa shape index (κ3) is 3.82. The van der Waals surface area contributed by atoms with Gasteiger partial charge in [-0.2, -0.15) is 0 Å². The van der Waals surface area contributed by atoms with Gasteiger partial charge in [0.05, 0.1) is 23.3 Å². The molecule has 9 heteroatoms. The number of hydrogen-bond donors (Lipinski definition) is 1. The Labute approximate surface area is 152 Å². The SMILES string of the molecule is O=C1NC(=O)N(Cc2ccco2)C(=O)/C1=C/C=C/c1ccccc1[N+](=O)[O-]. The number of carbonyl (C=O) groups excluding carboxylic acids is 3. The van der Waals surface area contributed by atoms with Gasteiger partial charge in [0.1, 0.15) is 11.3 Å². The number of nitro benzene ring substituents is 1. The summed E-state index contributed by atoms with van der Waals surface area (Å²) in [7, 11) is 0. The van der Waals surface area contributed by atoms with Crippen molar-refractivity contribution in [1.82, 2.24) is 10.2 Å². The lowest BCUT2D eigenvalue weighted by atomic mass is 10.1. The lowest BCUT2D eigenvalue weighted by Crippen LogP contribution is -2.53. The molecule has 0 bridgehead atoms. The van der Waals surface area contributed by atoms with Crippen LogP contribution in [0.15, 0.2) is 64.8 Å². The Morgan fingerprint density at radius 3 is 2.63 bits per heavy atom. The third-order valence-corrected chi connectivity index (χ3v) is 3.75. The van der Waals surface area contributed by atoms with Crippen molar-refractivity contribution in [1.29, 1.82) is 0 Å². The minimum atomic E-state index is -0.846. The maximum absolute atomic E-state index is 12.5. The van der Waals surface area contributed by atoms with Gasteiger partial charge in [-0.3, -0.25) is 29.9 Å². The van der Waals surface area contributed by atoms with Crippen molar-refractivity contribution in [3.63, 3.8) is 0 Å². The molecule has 1 aromatic heterocycles. The molecule has 3 rings (SSSR count). The van der Waals surface area contributed by atoms with Crippen molar-refractivity contribution >= 4 is 29.6 Å². The number of rotatable bonds is 5. The topological polar surface area (TPSA) is 123 Å². The van der Waals surface area contributed by atoms with Crippen LogP contribution in [0.3, 0.4) is 0 Å². The predicted octanol–water partition coefficient (Wildman–Crippen LogP) is 2.41. The summed E-state index contributed by atoms with van der Waals surface area (Å²) in [5, 5.41) is 13.1. The zero-order valence-corrected chi connectivity index (χ0v) is 13.8. The van der Waals surface area contributed by atoms with Gasteiger partial charge in [-0.25, -0.2) is 4.79 Å². The lowest BCUT2D eigenvalue weighted by molar-refractivity contribution is -0.385. The number of urea groups is 1. The number of furan rings is 1. The Bertz CT molecular complexity index is 975. The van der Waals surface area contributed by atoms with Crippen LogP contribution in [0.2, 0.25) is 0 Å². The summed E-state index contributed by atoms with van der Waals surface area (Å²) in [6.07, 6.45) is 5.35. The number of nitro groups is 1. The standard InChI is InChI=1S/C18H13N3O6/c22-16-14(8-3-6-12-5-1-2-9-15(12)21(25)26)17(23)20(18(24)19-16)11-13-7-4-10-27-13/h1-10H,11H2,(H,19,22,24)/b6-3+,14-8+. The first-order valence-corrected chi connectivity index (χ1v) is 7.78. The van der Waals surface area contributed by atoms with Crippen molar-refractivity contribution < 1.29 is 23.7 Å². The molecule has 1 saturated heterocycles. The summed E-state index contributed by atoms with van der Waals surface area (Å²) in [5.74, 6) is -1.25. The highest BCUT2D eigenvalue weighted by molar-refractivity contribution is 6.28. The van der Waals surface area contributed by atoms with Crippen molar-refractivity contribution in [2.45, 2.75) is 6.54 Å². The van der Waals surface area contributed by atoms with Crippen LogP contribution in [0.4, 0.5) is 10.5 Å². The molecule has 0 spiro atoms. The Kier molecular flexibility index (Phi) is 4.93. The largest absolute Gasteiger partial charge is 0.467 e. The van der Waals surface area contributed by atoms with Crippen LogP contribution in [0.25, 0.3) is 6.08 Å². The van der Waals surface area contributed by atoms with Crippen LogP contribution < -0.4 is 5.32 Å². The molecule has 0 saturated carbocycles. The van der Waals surface area contributed by atoms with Gasteiger partial charge in [0, 0.05) is 6.07 Å². The van der Waals surface area contributed by atoms with Gasteiger partial charge in [0.25, 0.3) is 17.5 Å². The molecule has 0 aliphatic carbocycles. The van der Waals surface area contributed by atoms with Crippen molar-refractivity contribution in [2.75, 3.05) is 0 Å². The molecule has 1 aromatic carbocycles. The first kappa shape index (κ1) is 17.8. The highest BCUT2D eigenvalue weighted by Gasteiger charge is 2.35. The molecule has 27 heavy (non-hydrogen) atoms. The van der Waals surface area contributed by atoms with Crippen LogP contribution in [-0.4, -0.2) is 27.7 Å². The summed E-state index contributed by atoms with van der Waals surface area (Å²) in [5.41, 5.74) is -0.0660. The monoisotopic (exact) mass is 367 g/mol. The normalized spacial score (nSPS) is 16.2. The van der Waals surface area contributed by atoms with Gasteiger partial charge in [0.2, 0.25) is 0 Å². The lowest BCUT2D eigenvalue weighted by Gasteiger charge is -2.25. The van der Waals surface area contributed by atoms with Crippen molar-refractivity contribution in [3.05, 3.63) is 81.8 Å². The quantitative estimate of drug-likeness (QED) is 0.375. The average Bonchev–Trinajstić information content (AvgIpc) is 3.15. The van der Waals surface area contributed by atoms with Gasteiger partial charge in [0.15, 0.2) is 0 Å². The first-order valence-electron chi connectivity index (χ1n) is 7.78. The van der Waals surface area contributed by atoms with Gasteiger partial charge in [-0.15, -0.1) is 0 Å². The van der Waals surface area contributed by atoms with Crippen molar-refractivity contribution in [2.24, 2.45) is 0 Å². The molecule has 136 valence electrons. The van der Waals surface area contributed by atoms with Crippen LogP contribution in [-0.2, 0) is 16.1 Å². The minimum absolute atomic E-state index is 0.110. The number of carbonyl (C=O) groups is 3. The highest BCUT2D eigenvalue weighted by atomic mass is 16.6. The van der Waals surface area contributed by atoms with Crippen LogP contribution >= 0.6 is 0 Å². The molecular weight excluding hydrogens is 354 g/mol. The second-order valence-electron chi connectivity index (χ2n) is 5.49. The van der Waals surface area contributed by atoms with Crippen LogP contribution in [0.5, 0.6) is 0 Å². The summed E-state index contributed by atoms with van der Waals surface area (Å²) in [6, 6.07) is 8.39. The van der Waals surface area contributed by atoms with E-state index in [4.69, 9.17) is 4.42 Å². The molecular formula is C18H13N3O6. The fraction of sp³-hybridized carbons (Fsp3) is 0.0556.